The zero-order valence-corrected chi connectivity index (χ0v) is 14.6. The number of hydrogen-bond donors (Lipinski definition) is 1. The summed E-state index contributed by atoms with van der Waals surface area (Å²) in [6.07, 6.45) is 5.14. The lowest BCUT2D eigenvalue weighted by Crippen LogP contribution is -2.39. The van der Waals surface area contributed by atoms with E-state index in [-0.39, 0.29) is 11.8 Å². The van der Waals surface area contributed by atoms with E-state index in [1.54, 1.807) is 31.2 Å². The molecular weight excluding hydrogens is 302 g/mol. The lowest BCUT2D eigenvalue weighted by Gasteiger charge is -2.26. The summed E-state index contributed by atoms with van der Waals surface area (Å²) in [7, 11) is 0. The van der Waals surface area contributed by atoms with Crippen molar-refractivity contribution in [3.63, 3.8) is 0 Å². The Hall–Kier alpha value is -1.94. The number of aliphatic hydroxyl groups is 1. The highest BCUT2D eigenvalue weighted by Crippen LogP contribution is 2.28. The molecule has 0 fully saturated rings. The fourth-order valence-electron chi connectivity index (χ4n) is 3.12. The molecule has 0 saturated carbocycles. The molecule has 0 spiro atoms. The van der Waals surface area contributed by atoms with Crippen molar-refractivity contribution in [2.24, 2.45) is 0 Å². The van der Waals surface area contributed by atoms with Gasteiger partial charge in [0.25, 0.3) is 11.8 Å². The first-order valence-corrected chi connectivity index (χ1v) is 8.80. The number of hydrogen-bond acceptors (Lipinski definition) is 3. The van der Waals surface area contributed by atoms with Crippen LogP contribution in [-0.4, -0.2) is 34.0 Å². The number of carbonyl (C=O) groups is 2. The van der Waals surface area contributed by atoms with E-state index in [1.165, 1.54) is 17.7 Å². The Bertz CT molecular complexity index is 588. The number of amides is 2. The summed E-state index contributed by atoms with van der Waals surface area (Å²) in [5.74, 6) is -0.552. The molecule has 0 unspecified atom stereocenters. The maximum absolute atomic E-state index is 12.5. The fourth-order valence-corrected chi connectivity index (χ4v) is 3.12. The molecule has 1 aromatic rings. The van der Waals surface area contributed by atoms with Crippen molar-refractivity contribution in [1.82, 2.24) is 4.90 Å². The molecule has 1 aliphatic rings. The van der Waals surface area contributed by atoms with Crippen molar-refractivity contribution in [3.05, 3.63) is 47.5 Å². The molecule has 130 valence electrons. The molecule has 0 aromatic heterocycles. The van der Waals surface area contributed by atoms with E-state index < -0.39 is 12.1 Å². The first-order chi connectivity index (χ1) is 11.5. The molecule has 2 rings (SSSR count). The van der Waals surface area contributed by atoms with Gasteiger partial charge in [0.1, 0.15) is 0 Å². The Morgan fingerprint density at radius 2 is 1.71 bits per heavy atom. The normalized spacial score (nSPS) is 16.2. The van der Waals surface area contributed by atoms with Crippen LogP contribution in [0.1, 0.15) is 73.1 Å². The van der Waals surface area contributed by atoms with Crippen LogP contribution >= 0.6 is 0 Å². The minimum absolute atomic E-state index is 0.276. The SMILES string of the molecule is C=C(C[C@@H](O)CCCCCC)[C@@H](C)N1C(=O)c2ccccc2C1=O. The van der Waals surface area contributed by atoms with E-state index in [0.717, 1.165) is 19.3 Å². The summed E-state index contributed by atoms with van der Waals surface area (Å²) in [6, 6.07) is 6.45. The maximum Gasteiger partial charge on any atom is 0.262 e. The molecule has 2 atom stereocenters. The number of rotatable bonds is 9. The summed E-state index contributed by atoms with van der Waals surface area (Å²) in [5.41, 5.74) is 1.61. The Morgan fingerprint density at radius 3 is 2.25 bits per heavy atom. The molecule has 4 nitrogen and oxygen atoms in total. The number of carbonyl (C=O) groups excluding carboxylic acids is 2. The summed E-state index contributed by atoms with van der Waals surface area (Å²) in [5, 5.41) is 10.2. The third-order valence-corrected chi connectivity index (χ3v) is 4.69. The second-order valence-electron chi connectivity index (χ2n) is 6.57. The zero-order chi connectivity index (χ0) is 17.7. The monoisotopic (exact) mass is 329 g/mol. The van der Waals surface area contributed by atoms with E-state index >= 15 is 0 Å². The van der Waals surface area contributed by atoms with E-state index in [0.29, 0.717) is 23.1 Å². The van der Waals surface area contributed by atoms with Gasteiger partial charge in [-0.2, -0.15) is 0 Å². The second-order valence-corrected chi connectivity index (χ2v) is 6.57. The van der Waals surface area contributed by atoms with Crippen LogP contribution in [0.25, 0.3) is 0 Å². The third-order valence-electron chi connectivity index (χ3n) is 4.69. The largest absolute Gasteiger partial charge is 0.393 e. The highest BCUT2D eigenvalue weighted by molar-refractivity contribution is 6.21. The third kappa shape index (κ3) is 3.93. The molecule has 2 amide bonds. The van der Waals surface area contributed by atoms with Crippen LogP contribution < -0.4 is 0 Å². The topological polar surface area (TPSA) is 57.6 Å². The predicted molar refractivity (Wildman–Crippen MR) is 94.9 cm³/mol. The van der Waals surface area contributed by atoms with Gasteiger partial charge in [0.15, 0.2) is 0 Å². The molecule has 1 heterocycles. The highest BCUT2D eigenvalue weighted by Gasteiger charge is 2.38. The molecule has 0 saturated heterocycles. The quantitative estimate of drug-likeness (QED) is 0.424. The first-order valence-electron chi connectivity index (χ1n) is 8.80. The Labute approximate surface area is 144 Å². The number of benzene rings is 1. The summed E-state index contributed by atoms with van der Waals surface area (Å²) < 4.78 is 0. The van der Waals surface area contributed by atoms with Crippen LogP contribution in [0.3, 0.4) is 0 Å². The summed E-state index contributed by atoms with van der Waals surface area (Å²) in [4.78, 5) is 26.2. The van der Waals surface area contributed by atoms with Crippen molar-refractivity contribution in [3.8, 4) is 0 Å². The molecule has 24 heavy (non-hydrogen) atoms. The van der Waals surface area contributed by atoms with E-state index in [2.05, 4.69) is 13.5 Å². The number of fused-ring (bicyclic) bond motifs is 1. The minimum atomic E-state index is -0.466. The van der Waals surface area contributed by atoms with Gasteiger partial charge in [0.2, 0.25) is 0 Å². The van der Waals surface area contributed by atoms with Crippen molar-refractivity contribution < 1.29 is 14.7 Å². The van der Waals surface area contributed by atoms with Crippen molar-refractivity contribution in [2.45, 2.75) is 64.5 Å². The summed E-state index contributed by atoms with van der Waals surface area (Å²) >= 11 is 0. The minimum Gasteiger partial charge on any atom is -0.393 e. The van der Waals surface area contributed by atoms with Crippen LogP contribution in [0.15, 0.2) is 36.4 Å². The standard InChI is InChI=1S/C20H27NO3/c1-4-5-6-7-10-16(22)13-14(2)15(3)21-19(23)17-11-8-9-12-18(17)20(21)24/h8-9,11-12,15-16,22H,2,4-7,10,13H2,1,3H3/t15-,16+/m1/s1. The molecule has 1 N–H and O–H groups in total. The van der Waals surface area contributed by atoms with E-state index in [9.17, 15) is 14.7 Å². The van der Waals surface area contributed by atoms with Crippen LogP contribution in [0.4, 0.5) is 0 Å². The van der Waals surface area contributed by atoms with Crippen molar-refractivity contribution >= 4 is 11.8 Å². The van der Waals surface area contributed by atoms with Crippen LogP contribution in [0.5, 0.6) is 0 Å². The van der Waals surface area contributed by atoms with Crippen LogP contribution in [0.2, 0.25) is 0 Å². The Kier molecular flexibility index (Phi) is 6.32. The average Bonchev–Trinajstić information content (AvgIpc) is 2.82. The Balaban J connectivity index is 1.94. The summed E-state index contributed by atoms with van der Waals surface area (Å²) in [6.45, 7) is 7.96. The van der Waals surface area contributed by atoms with Gasteiger partial charge >= 0.3 is 0 Å². The van der Waals surface area contributed by atoms with Gasteiger partial charge in [0, 0.05) is 0 Å². The van der Waals surface area contributed by atoms with Crippen molar-refractivity contribution in [2.75, 3.05) is 0 Å². The van der Waals surface area contributed by atoms with E-state index in [1.807, 2.05) is 0 Å². The number of nitrogens with zero attached hydrogens (tertiary/aromatic N) is 1. The fraction of sp³-hybridized carbons (Fsp3) is 0.500. The van der Waals surface area contributed by atoms with Crippen molar-refractivity contribution in [1.29, 1.82) is 0 Å². The molecule has 0 bridgehead atoms. The zero-order valence-electron chi connectivity index (χ0n) is 14.6. The first kappa shape index (κ1) is 18.4. The van der Waals surface area contributed by atoms with Gasteiger partial charge in [-0.15, -0.1) is 0 Å². The highest BCUT2D eigenvalue weighted by atomic mass is 16.3. The lowest BCUT2D eigenvalue weighted by atomic mass is 9.98. The number of imide groups is 1. The van der Waals surface area contributed by atoms with Crippen LogP contribution in [0, 0.1) is 0 Å². The molecule has 1 aromatic carbocycles. The van der Waals surface area contributed by atoms with Gasteiger partial charge in [-0.1, -0.05) is 56.9 Å². The second kappa shape index (κ2) is 8.25. The molecule has 0 aliphatic carbocycles. The molecule has 0 radical (unpaired) electrons. The maximum atomic E-state index is 12.5. The van der Waals surface area contributed by atoms with E-state index in [4.69, 9.17) is 0 Å². The van der Waals surface area contributed by atoms with Gasteiger partial charge < -0.3 is 5.11 Å². The molecule has 4 heteroatoms. The van der Waals surface area contributed by atoms with Gasteiger partial charge in [-0.3, -0.25) is 14.5 Å². The van der Waals surface area contributed by atoms with Gasteiger partial charge in [0.05, 0.1) is 23.3 Å². The number of aliphatic hydroxyl groups excluding tert-OH is 1. The molecular formula is C20H27NO3. The smallest absolute Gasteiger partial charge is 0.262 e. The van der Waals surface area contributed by atoms with Crippen LogP contribution in [-0.2, 0) is 0 Å². The van der Waals surface area contributed by atoms with Gasteiger partial charge in [-0.05, 0) is 31.9 Å². The predicted octanol–water partition coefficient (Wildman–Crippen LogP) is 3.95. The number of unbranched alkanes of at least 4 members (excludes halogenated alkanes) is 3. The van der Waals surface area contributed by atoms with Gasteiger partial charge in [-0.25, -0.2) is 0 Å². The Morgan fingerprint density at radius 1 is 1.12 bits per heavy atom. The molecule has 1 aliphatic heterocycles. The average molecular weight is 329 g/mol. The lowest BCUT2D eigenvalue weighted by molar-refractivity contribution is 0.0609.